The number of nitrogens with two attached hydrogens (primary N) is 1. The Morgan fingerprint density at radius 2 is 2.17 bits per heavy atom. The van der Waals surface area contributed by atoms with Gasteiger partial charge in [0.2, 0.25) is 10.0 Å². The molecule has 1 atom stereocenters. The van der Waals surface area contributed by atoms with E-state index in [2.05, 4.69) is 21.2 Å². The van der Waals surface area contributed by atoms with Crippen molar-refractivity contribution in [3.63, 3.8) is 0 Å². The molecule has 0 aromatic carbocycles. The molecule has 3 N–H and O–H groups in total. The zero-order chi connectivity index (χ0) is 13.7. The second-order valence-electron chi connectivity index (χ2n) is 5.01. The Balaban J connectivity index is 2.18. The Hall–Kier alpha value is -0.860. The molecule has 1 fully saturated rings. The number of furan rings is 1. The topological polar surface area (TPSA) is 102 Å². The highest BCUT2D eigenvalue weighted by molar-refractivity contribution is 9.10. The molecule has 0 saturated heterocycles. The fourth-order valence-electron chi connectivity index (χ4n) is 1.60. The Morgan fingerprint density at radius 3 is 2.56 bits per heavy atom. The van der Waals surface area contributed by atoms with Crippen molar-refractivity contribution in [2.75, 3.05) is 0 Å². The molecule has 0 spiro atoms. The Morgan fingerprint density at radius 1 is 1.61 bits per heavy atom. The standard InChI is InChI=1S/C10H13BrN2O4S/c1-10(2)4-7(10)13-9(14)5-3-6(8(11)17-5)18(12,15)16/h3,7H,4H2,1-2H3,(H,13,14)(H2,12,15,16). The monoisotopic (exact) mass is 336 g/mol. The van der Waals surface area contributed by atoms with E-state index in [1.807, 2.05) is 13.8 Å². The third-order valence-electron chi connectivity index (χ3n) is 3.00. The van der Waals surface area contributed by atoms with Crippen LogP contribution in [0.3, 0.4) is 0 Å². The van der Waals surface area contributed by atoms with Crippen LogP contribution in [0.5, 0.6) is 0 Å². The molecule has 100 valence electrons. The van der Waals surface area contributed by atoms with Gasteiger partial charge >= 0.3 is 0 Å². The number of carbonyl (C=O) groups excluding carboxylic acids is 1. The highest BCUT2D eigenvalue weighted by atomic mass is 79.9. The van der Waals surface area contributed by atoms with Crippen molar-refractivity contribution in [1.82, 2.24) is 5.32 Å². The summed E-state index contributed by atoms with van der Waals surface area (Å²) >= 11 is 2.92. The lowest BCUT2D eigenvalue weighted by atomic mass is 10.2. The third-order valence-corrected chi connectivity index (χ3v) is 4.77. The molecule has 6 nitrogen and oxygen atoms in total. The van der Waals surface area contributed by atoms with Gasteiger partial charge in [-0.25, -0.2) is 13.6 Å². The van der Waals surface area contributed by atoms with Crippen LogP contribution >= 0.6 is 15.9 Å². The molecule has 0 radical (unpaired) electrons. The first kappa shape index (κ1) is 13.6. The fraction of sp³-hybridized carbons (Fsp3) is 0.500. The molecule has 18 heavy (non-hydrogen) atoms. The Labute approximate surface area is 113 Å². The van der Waals surface area contributed by atoms with Crippen molar-refractivity contribution in [2.24, 2.45) is 10.6 Å². The summed E-state index contributed by atoms with van der Waals surface area (Å²) in [6, 6.07) is 1.20. The summed E-state index contributed by atoms with van der Waals surface area (Å²) in [7, 11) is -3.90. The molecule has 8 heteroatoms. The number of carbonyl (C=O) groups is 1. The number of nitrogens with one attached hydrogen (secondary N) is 1. The lowest BCUT2D eigenvalue weighted by Gasteiger charge is -2.04. The smallest absolute Gasteiger partial charge is 0.287 e. The van der Waals surface area contributed by atoms with Crippen LogP contribution in [0.15, 0.2) is 20.0 Å². The van der Waals surface area contributed by atoms with Gasteiger partial charge in [-0.2, -0.15) is 0 Å². The highest BCUT2D eigenvalue weighted by Gasteiger charge is 2.47. The minimum absolute atomic E-state index is 0.0646. The van der Waals surface area contributed by atoms with Crippen molar-refractivity contribution < 1.29 is 17.6 Å². The van der Waals surface area contributed by atoms with E-state index in [1.54, 1.807) is 0 Å². The summed E-state index contributed by atoms with van der Waals surface area (Å²) < 4.78 is 27.3. The van der Waals surface area contributed by atoms with E-state index in [4.69, 9.17) is 9.56 Å². The number of sulfonamides is 1. The van der Waals surface area contributed by atoms with Crippen LogP contribution in [0.1, 0.15) is 30.8 Å². The molecule has 1 aromatic rings. The molecular formula is C10H13BrN2O4S. The quantitative estimate of drug-likeness (QED) is 0.865. The van der Waals surface area contributed by atoms with Crippen LogP contribution < -0.4 is 10.5 Å². The van der Waals surface area contributed by atoms with Crippen molar-refractivity contribution in [3.05, 3.63) is 16.5 Å². The van der Waals surface area contributed by atoms with Gasteiger partial charge in [0.1, 0.15) is 4.90 Å². The van der Waals surface area contributed by atoms with E-state index in [0.29, 0.717) is 0 Å². The number of amides is 1. The van der Waals surface area contributed by atoms with Crippen molar-refractivity contribution in [3.8, 4) is 0 Å². The van der Waals surface area contributed by atoms with E-state index in [1.165, 1.54) is 0 Å². The second kappa shape index (κ2) is 4.07. The first-order chi connectivity index (χ1) is 8.11. The molecule has 2 rings (SSSR count). The molecule has 1 heterocycles. The van der Waals surface area contributed by atoms with E-state index in [0.717, 1.165) is 12.5 Å². The Kier molecular flexibility index (Phi) is 3.07. The van der Waals surface area contributed by atoms with Crippen LogP contribution in [0.25, 0.3) is 0 Å². The average molecular weight is 337 g/mol. The van der Waals surface area contributed by atoms with E-state index >= 15 is 0 Å². The average Bonchev–Trinajstić information content (AvgIpc) is 2.62. The van der Waals surface area contributed by atoms with Crippen molar-refractivity contribution >= 4 is 31.9 Å². The van der Waals surface area contributed by atoms with Gasteiger partial charge in [0.15, 0.2) is 10.4 Å². The number of halogens is 1. The first-order valence-corrected chi connectivity index (χ1v) is 7.58. The minimum Gasteiger partial charge on any atom is -0.443 e. The fourth-order valence-corrected chi connectivity index (χ4v) is 3.10. The molecule has 0 aliphatic heterocycles. The molecule has 1 unspecified atom stereocenters. The maximum absolute atomic E-state index is 11.8. The number of hydrogen-bond acceptors (Lipinski definition) is 4. The van der Waals surface area contributed by atoms with Crippen LogP contribution in [0.2, 0.25) is 0 Å². The summed E-state index contributed by atoms with van der Waals surface area (Å²) in [5.41, 5.74) is 0.0856. The number of hydrogen-bond donors (Lipinski definition) is 2. The van der Waals surface area contributed by atoms with Crippen LogP contribution in [-0.4, -0.2) is 20.4 Å². The lowest BCUT2D eigenvalue weighted by molar-refractivity contribution is 0.0917. The molecule has 1 aromatic heterocycles. The van der Waals surface area contributed by atoms with Gasteiger partial charge < -0.3 is 9.73 Å². The molecule has 1 aliphatic carbocycles. The van der Waals surface area contributed by atoms with Gasteiger partial charge in [-0.3, -0.25) is 4.79 Å². The zero-order valence-electron chi connectivity index (χ0n) is 9.86. The van der Waals surface area contributed by atoms with Crippen LogP contribution in [0.4, 0.5) is 0 Å². The first-order valence-electron chi connectivity index (χ1n) is 5.24. The van der Waals surface area contributed by atoms with Gasteiger partial charge in [-0.15, -0.1) is 0 Å². The third kappa shape index (κ3) is 2.60. The van der Waals surface area contributed by atoms with Gasteiger partial charge in [-0.1, -0.05) is 13.8 Å². The van der Waals surface area contributed by atoms with Crippen LogP contribution in [0, 0.1) is 5.41 Å². The van der Waals surface area contributed by atoms with Gasteiger partial charge in [0.25, 0.3) is 5.91 Å². The predicted octanol–water partition coefficient (Wildman–Crippen LogP) is 1.22. The maximum atomic E-state index is 11.8. The van der Waals surface area contributed by atoms with Crippen molar-refractivity contribution in [1.29, 1.82) is 0 Å². The summed E-state index contributed by atoms with van der Waals surface area (Å²) in [5, 5.41) is 7.74. The minimum atomic E-state index is -3.90. The lowest BCUT2D eigenvalue weighted by Crippen LogP contribution is -2.28. The van der Waals surface area contributed by atoms with E-state index in [-0.39, 0.29) is 26.8 Å². The number of primary sulfonamides is 1. The summed E-state index contributed by atoms with van der Waals surface area (Å²) in [6.45, 7) is 4.07. The summed E-state index contributed by atoms with van der Waals surface area (Å²) in [5.74, 6) is -0.519. The van der Waals surface area contributed by atoms with Crippen LogP contribution in [-0.2, 0) is 10.0 Å². The number of rotatable bonds is 3. The molecule has 0 bridgehead atoms. The Bertz CT molecular complexity index is 605. The van der Waals surface area contributed by atoms with E-state index in [9.17, 15) is 13.2 Å². The molecule has 1 aliphatic rings. The largest absolute Gasteiger partial charge is 0.443 e. The normalized spacial score (nSPS) is 21.7. The SMILES string of the molecule is CC1(C)CC1NC(=O)c1cc(S(N)(=O)=O)c(Br)o1. The summed E-state index contributed by atoms with van der Waals surface area (Å²) in [4.78, 5) is 11.6. The van der Waals surface area contributed by atoms with E-state index < -0.39 is 15.9 Å². The highest BCUT2D eigenvalue weighted by Crippen LogP contribution is 2.44. The van der Waals surface area contributed by atoms with Crippen molar-refractivity contribution in [2.45, 2.75) is 31.2 Å². The zero-order valence-corrected chi connectivity index (χ0v) is 12.3. The maximum Gasteiger partial charge on any atom is 0.287 e. The summed E-state index contributed by atoms with van der Waals surface area (Å²) in [6.07, 6.45) is 0.892. The second-order valence-corrected chi connectivity index (χ2v) is 7.26. The molecule has 1 amide bonds. The van der Waals surface area contributed by atoms with Gasteiger partial charge in [0.05, 0.1) is 0 Å². The van der Waals surface area contributed by atoms with Gasteiger partial charge in [0, 0.05) is 12.1 Å². The molecule has 1 saturated carbocycles. The predicted molar refractivity (Wildman–Crippen MR) is 67.4 cm³/mol. The molecular weight excluding hydrogens is 324 g/mol. The van der Waals surface area contributed by atoms with Gasteiger partial charge in [-0.05, 0) is 27.8 Å².